The van der Waals surface area contributed by atoms with Gasteiger partial charge in [-0.2, -0.15) is 13.4 Å². The lowest BCUT2D eigenvalue weighted by molar-refractivity contribution is -0.384. The SMILES string of the molecule is O=C(NS(=O)(=O)c1cc([N+](=O)[O-])c2c(n1)OC[C@H](C1CC1)N2)c1ccc(N2CCC3(CC2)CC(N2CCC[C@H]2c2ccccc2C2CC2)C3)cc1Oc1cnc2[nH]ccc2c1. The number of amides is 1. The summed E-state index contributed by atoms with van der Waals surface area (Å²) in [7, 11) is -4.71. The summed E-state index contributed by atoms with van der Waals surface area (Å²) in [6.45, 7) is 3.06. The van der Waals surface area contributed by atoms with Crippen LogP contribution in [0.15, 0.2) is 78.1 Å². The number of ether oxygens (including phenoxy) is 2. The van der Waals surface area contributed by atoms with E-state index in [0.717, 1.165) is 61.8 Å². The number of pyridine rings is 2. The third-order valence-corrected chi connectivity index (χ3v) is 15.2. The van der Waals surface area contributed by atoms with E-state index < -0.39 is 31.6 Å². The lowest BCUT2D eigenvalue weighted by Gasteiger charge is -2.56. The molecule has 0 unspecified atom stereocenters. The number of nitrogens with one attached hydrogen (secondary N) is 3. The van der Waals surface area contributed by atoms with E-state index in [1.54, 1.807) is 35.5 Å². The van der Waals surface area contributed by atoms with Gasteiger partial charge in [-0.05, 0) is 123 Å². The first-order valence-electron chi connectivity index (χ1n) is 21.6. The molecule has 5 aromatic rings. The van der Waals surface area contributed by atoms with Crippen LogP contribution < -0.4 is 24.4 Å². The molecule has 3 N–H and O–H groups in total. The average Bonchev–Trinajstić information content (AvgIpc) is 4.19. The Kier molecular flexibility index (Phi) is 9.22. The highest BCUT2D eigenvalue weighted by molar-refractivity contribution is 7.90. The maximum atomic E-state index is 14.0. The lowest BCUT2D eigenvalue weighted by atomic mass is 9.59. The molecule has 1 amide bonds. The summed E-state index contributed by atoms with van der Waals surface area (Å²) in [5, 5.41) is 15.3. The van der Waals surface area contributed by atoms with E-state index in [1.807, 2.05) is 12.1 Å². The molecule has 3 aromatic heterocycles. The topological polar surface area (TPSA) is 185 Å². The Bertz CT molecular complexity index is 2660. The maximum absolute atomic E-state index is 14.0. The number of hydrogen-bond acceptors (Lipinski definition) is 12. The fourth-order valence-electron chi connectivity index (χ4n) is 10.4. The molecule has 0 radical (unpaired) electrons. The van der Waals surface area contributed by atoms with Crippen LogP contribution in [0.3, 0.4) is 0 Å². The molecule has 11 rings (SSSR count). The highest BCUT2D eigenvalue weighted by atomic mass is 32.2. The third-order valence-electron chi connectivity index (χ3n) is 14.0. The number of carbonyl (C=O) groups excluding carboxylic acids is 1. The van der Waals surface area contributed by atoms with Gasteiger partial charge >= 0.3 is 5.69 Å². The number of aromatic amines is 1. The molecule has 61 heavy (non-hydrogen) atoms. The van der Waals surface area contributed by atoms with Crippen LogP contribution >= 0.6 is 0 Å². The van der Waals surface area contributed by atoms with Crippen LogP contribution in [-0.4, -0.2) is 77.4 Å². The summed E-state index contributed by atoms with van der Waals surface area (Å²) < 4.78 is 41.6. The highest BCUT2D eigenvalue weighted by Gasteiger charge is 2.50. The molecule has 16 heteroatoms. The van der Waals surface area contributed by atoms with Crippen molar-refractivity contribution in [2.45, 2.75) is 93.3 Å². The number of H-pyrrole nitrogens is 1. The fraction of sp³-hybridized carbons (Fsp3) is 0.444. The van der Waals surface area contributed by atoms with Crippen LogP contribution in [0.2, 0.25) is 0 Å². The molecule has 3 saturated carbocycles. The number of likely N-dealkylation sites (tertiary alicyclic amines) is 1. The van der Waals surface area contributed by atoms with E-state index in [4.69, 9.17) is 9.47 Å². The van der Waals surface area contributed by atoms with Crippen molar-refractivity contribution in [3.05, 3.63) is 99.9 Å². The molecule has 0 bridgehead atoms. The zero-order valence-electron chi connectivity index (χ0n) is 33.7. The second kappa shape index (κ2) is 14.7. The van der Waals surface area contributed by atoms with Gasteiger partial charge in [0.05, 0.1) is 28.8 Å². The summed E-state index contributed by atoms with van der Waals surface area (Å²) in [5.74, 6) is 0.394. The molecule has 3 aliphatic heterocycles. The number of nitro groups is 1. The Labute approximate surface area is 353 Å². The average molecular weight is 845 g/mol. The number of hydrogen-bond donors (Lipinski definition) is 3. The molecule has 2 atom stereocenters. The highest BCUT2D eigenvalue weighted by Crippen LogP contribution is 2.55. The van der Waals surface area contributed by atoms with Gasteiger partial charge in [-0.3, -0.25) is 19.8 Å². The molecule has 1 spiro atoms. The number of benzene rings is 2. The predicted molar refractivity (Wildman–Crippen MR) is 228 cm³/mol. The monoisotopic (exact) mass is 844 g/mol. The number of sulfonamides is 1. The van der Waals surface area contributed by atoms with Gasteiger partial charge in [-0.1, -0.05) is 24.3 Å². The molecule has 3 aliphatic carbocycles. The molecular weight excluding hydrogens is 797 g/mol. The zero-order valence-corrected chi connectivity index (χ0v) is 34.5. The zero-order chi connectivity index (χ0) is 41.5. The van der Waals surface area contributed by atoms with Crippen molar-refractivity contribution in [2.75, 3.05) is 36.5 Å². The van der Waals surface area contributed by atoms with Gasteiger partial charge in [0.2, 0.25) is 5.88 Å². The summed E-state index contributed by atoms with van der Waals surface area (Å²) in [4.78, 5) is 42.1. The third kappa shape index (κ3) is 7.22. The van der Waals surface area contributed by atoms with Gasteiger partial charge in [-0.25, -0.2) is 9.71 Å². The Morgan fingerprint density at radius 3 is 2.56 bits per heavy atom. The van der Waals surface area contributed by atoms with Crippen molar-refractivity contribution in [1.29, 1.82) is 0 Å². The summed E-state index contributed by atoms with van der Waals surface area (Å²) in [6, 6.07) is 19.8. The van der Waals surface area contributed by atoms with E-state index in [1.165, 1.54) is 51.3 Å². The minimum absolute atomic E-state index is 0.0315. The Hall–Kier alpha value is -5.74. The maximum Gasteiger partial charge on any atom is 0.300 e. The number of piperidine rings is 1. The van der Waals surface area contributed by atoms with Crippen LogP contribution in [0.1, 0.15) is 97.7 Å². The van der Waals surface area contributed by atoms with Gasteiger partial charge in [0.25, 0.3) is 15.9 Å². The number of aromatic nitrogens is 3. The minimum Gasteiger partial charge on any atom is -0.474 e. The molecule has 15 nitrogen and oxygen atoms in total. The summed E-state index contributed by atoms with van der Waals surface area (Å²) in [6.07, 6.45) is 14.9. The van der Waals surface area contributed by atoms with Gasteiger partial charge in [0, 0.05) is 48.5 Å². The van der Waals surface area contributed by atoms with Crippen molar-refractivity contribution < 1.29 is 27.6 Å². The van der Waals surface area contributed by atoms with Crippen LogP contribution in [0.4, 0.5) is 17.1 Å². The Morgan fingerprint density at radius 2 is 1.79 bits per heavy atom. The second-order valence-electron chi connectivity index (χ2n) is 18.0. The lowest BCUT2D eigenvalue weighted by Crippen LogP contribution is -2.54. The van der Waals surface area contributed by atoms with Crippen molar-refractivity contribution in [1.82, 2.24) is 24.6 Å². The van der Waals surface area contributed by atoms with Crippen LogP contribution in [0.25, 0.3) is 11.0 Å². The Balaban J connectivity index is 0.813. The van der Waals surface area contributed by atoms with Gasteiger partial charge in [0.15, 0.2) is 10.7 Å². The number of nitrogens with zero attached hydrogens (tertiary/aromatic N) is 5. The van der Waals surface area contributed by atoms with Crippen LogP contribution in [0, 0.1) is 21.4 Å². The first kappa shape index (κ1) is 38.2. The van der Waals surface area contributed by atoms with Crippen molar-refractivity contribution >= 4 is 44.0 Å². The van der Waals surface area contributed by atoms with Gasteiger partial charge < -0.3 is 24.7 Å². The van der Waals surface area contributed by atoms with Crippen molar-refractivity contribution in [3.63, 3.8) is 0 Å². The van der Waals surface area contributed by atoms with E-state index in [9.17, 15) is 23.3 Å². The fourth-order valence-corrected chi connectivity index (χ4v) is 11.4. The first-order valence-corrected chi connectivity index (χ1v) is 23.1. The quantitative estimate of drug-likeness (QED) is 0.0867. The molecule has 6 aliphatic rings. The van der Waals surface area contributed by atoms with E-state index in [0.29, 0.717) is 34.8 Å². The van der Waals surface area contributed by atoms with Gasteiger partial charge in [0.1, 0.15) is 23.8 Å². The normalized spacial score (nSPS) is 22.6. The molecule has 316 valence electrons. The van der Waals surface area contributed by atoms with E-state index in [2.05, 4.69) is 59.1 Å². The minimum atomic E-state index is -4.71. The number of carbonyl (C=O) groups is 1. The van der Waals surface area contributed by atoms with E-state index >= 15 is 0 Å². The largest absolute Gasteiger partial charge is 0.474 e. The number of rotatable bonds is 11. The number of fused-ring (bicyclic) bond motifs is 2. The van der Waals surface area contributed by atoms with Crippen LogP contribution in [-0.2, 0) is 10.0 Å². The number of anilines is 2. The molecule has 5 fully saturated rings. The smallest absolute Gasteiger partial charge is 0.300 e. The first-order chi connectivity index (χ1) is 29.6. The van der Waals surface area contributed by atoms with Crippen molar-refractivity contribution in [2.24, 2.45) is 11.3 Å². The summed E-state index contributed by atoms with van der Waals surface area (Å²) >= 11 is 0. The molecule has 6 heterocycles. The standard InChI is InChI=1S/C45H48N8O7S/c54-43(50-61(57,58)40-22-38(53(55)56)41-44(49-40)59-26-36(48-41)28-9-10-28)35-12-11-30(21-39(35)60-32-20-29-13-16-46-42(29)47-25-32)51-18-14-45(15-19-51)23-31(24-45)52-17-3-6-37(52)34-5-2-1-4-33(34)27-7-8-27/h1-2,4-5,11-13,16,20-22,25,27-28,31,36-37,48H,3,6-10,14-15,17-19,23-24,26H2,(H,46,47)(H,50,54)/t36-,37+/m1/s1. The molecule has 2 aromatic carbocycles. The second-order valence-corrected chi connectivity index (χ2v) is 19.6. The van der Waals surface area contributed by atoms with E-state index in [-0.39, 0.29) is 35.5 Å². The summed E-state index contributed by atoms with van der Waals surface area (Å²) in [5.41, 5.74) is 4.46. The van der Waals surface area contributed by atoms with Crippen molar-refractivity contribution in [3.8, 4) is 17.4 Å². The van der Waals surface area contributed by atoms with Crippen LogP contribution in [0.5, 0.6) is 17.4 Å². The predicted octanol–water partition coefficient (Wildman–Crippen LogP) is 7.82. The van der Waals surface area contributed by atoms with Gasteiger partial charge in [-0.15, -0.1) is 0 Å². The molecular formula is C45H48N8O7S. The molecule has 2 saturated heterocycles. The Morgan fingerprint density at radius 1 is 0.984 bits per heavy atom.